The van der Waals surface area contributed by atoms with Gasteiger partial charge < -0.3 is 10.6 Å². The van der Waals surface area contributed by atoms with E-state index >= 15 is 0 Å². The Bertz CT molecular complexity index is 1150. The van der Waals surface area contributed by atoms with Crippen LogP contribution in [0.15, 0.2) is 78.0 Å². The summed E-state index contributed by atoms with van der Waals surface area (Å²) in [5.74, 6) is 0.475. The summed E-state index contributed by atoms with van der Waals surface area (Å²) in [6, 6.07) is 18.4. The highest BCUT2D eigenvalue weighted by molar-refractivity contribution is 14.0. The summed E-state index contributed by atoms with van der Waals surface area (Å²) < 4.78 is 14.8. The number of nitrogens with zero attached hydrogens (tertiary/aromatic N) is 4. The van der Waals surface area contributed by atoms with Crippen LogP contribution < -0.4 is 10.6 Å². The lowest BCUT2D eigenvalue weighted by Gasteiger charge is -2.12. The number of nitrogens with one attached hydrogen (secondary N) is 2. The average molecular weight is 530 g/mol. The third-order valence-corrected chi connectivity index (χ3v) is 4.82. The van der Waals surface area contributed by atoms with E-state index in [1.165, 1.54) is 17.7 Å². The number of hydrogen-bond acceptors (Lipinski definition) is 3. The Hall–Kier alpha value is -3.01. The van der Waals surface area contributed by atoms with E-state index in [0.29, 0.717) is 13.1 Å². The molecule has 4 rings (SSSR count). The molecule has 8 heteroatoms. The first-order chi connectivity index (χ1) is 14.7. The number of para-hydroxylation sites is 1. The minimum atomic E-state index is -0.256. The van der Waals surface area contributed by atoms with Crippen molar-refractivity contribution in [1.29, 1.82) is 0 Å². The second kappa shape index (κ2) is 10.9. The van der Waals surface area contributed by atoms with Crippen molar-refractivity contribution in [2.45, 2.75) is 13.0 Å². The van der Waals surface area contributed by atoms with Gasteiger partial charge in [-0.25, -0.2) is 9.07 Å². The fraction of sp³-hybridized carbons (Fsp3) is 0.174. The number of aromatic nitrogens is 3. The second-order valence-electron chi connectivity index (χ2n) is 6.82. The molecule has 0 unspecified atom stereocenters. The molecule has 160 valence electrons. The molecule has 2 N–H and O–H groups in total. The number of aliphatic imine (C=N–C) groups is 1. The van der Waals surface area contributed by atoms with Gasteiger partial charge in [0.15, 0.2) is 5.96 Å². The number of fused-ring (bicyclic) bond motifs is 1. The van der Waals surface area contributed by atoms with Crippen LogP contribution in [-0.4, -0.2) is 34.3 Å². The molecular weight excluding hydrogens is 506 g/mol. The first-order valence-corrected chi connectivity index (χ1v) is 9.80. The zero-order valence-electron chi connectivity index (χ0n) is 17.1. The van der Waals surface area contributed by atoms with Crippen molar-refractivity contribution in [2.24, 2.45) is 4.99 Å². The number of rotatable bonds is 6. The second-order valence-corrected chi connectivity index (χ2v) is 6.82. The SMILES string of the molecule is CN=C(NCCc1ccn(-c2ccc(F)cc2)n1)NCc1ccnc2ccccc12.I. The van der Waals surface area contributed by atoms with Crippen molar-refractivity contribution in [3.8, 4) is 5.69 Å². The molecule has 0 bridgehead atoms. The van der Waals surface area contributed by atoms with Gasteiger partial charge in [-0.3, -0.25) is 9.98 Å². The maximum atomic E-state index is 13.1. The monoisotopic (exact) mass is 530 g/mol. The Morgan fingerprint density at radius 3 is 2.65 bits per heavy atom. The van der Waals surface area contributed by atoms with Gasteiger partial charge in [0.05, 0.1) is 16.9 Å². The Kier molecular flexibility index (Phi) is 7.94. The van der Waals surface area contributed by atoms with Crippen LogP contribution in [0.25, 0.3) is 16.6 Å². The molecule has 0 amide bonds. The highest BCUT2D eigenvalue weighted by atomic mass is 127. The maximum absolute atomic E-state index is 13.1. The molecule has 0 aliphatic rings. The van der Waals surface area contributed by atoms with Crippen LogP contribution in [0, 0.1) is 5.82 Å². The topological polar surface area (TPSA) is 67.1 Å². The highest BCUT2D eigenvalue weighted by Gasteiger charge is 2.05. The van der Waals surface area contributed by atoms with E-state index in [4.69, 9.17) is 0 Å². The quantitative estimate of drug-likeness (QED) is 0.224. The molecule has 31 heavy (non-hydrogen) atoms. The minimum absolute atomic E-state index is 0. The van der Waals surface area contributed by atoms with Crippen molar-refractivity contribution >= 4 is 40.8 Å². The Labute approximate surface area is 197 Å². The molecule has 4 aromatic rings. The van der Waals surface area contributed by atoms with E-state index in [1.54, 1.807) is 23.9 Å². The largest absolute Gasteiger partial charge is 0.356 e. The molecule has 0 aliphatic carbocycles. The molecule has 6 nitrogen and oxygen atoms in total. The molecule has 0 aliphatic heterocycles. The average Bonchev–Trinajstić information content (AvgIpc) is 3.25. The number of guanidine groups is 1. The fourth-order valence-corrected chi connectivity index (χ4v) is 3.25. The predicted molar refractivity (Wildman–Crippen MR) is 133 cm³/mol. The van der Waals surface area contributed by atoms with Gasteiger partial charge >= 0.3 is 0 Å². The van der Waals surface area contributed by atoms with Crippen LogP contribution in [0.5, 0.6) is 0 Å². The molecule has 0 spiro atoms. The molecule has 2 aromatic carbocycles. The maximum Gasteiger partial charge on any atom is 0.191 e. The van der Waals surface area contributed by atoms with Gasteiger partial charge in [-0.05, 0) is 48.0 Å². The van der Waals surface area contributed by atoms with Crippen LogP contribution >= 0.6 is 24.0 Å². The van der Waals surface area contributed by atoms with E-state index in [2.05, 4.69) is 31.8 Å². The lowest BCUT2D eigenvalue weighted by atomic mass is 10.1. The summed E-state index contributed by atoms with van der Waals surface area (Å²) >= 11 is 0. The minimum Gasteiger partial charge on any atom is -0.356 e. The zero-order chi connectivity index (χ0) is 20.8. The number of hydrogen-bond donors (Lipinski definition) is 2. The van der Waals surface area contributed by atoms with Crippen LogP contribution in [-0.2, 0) is 13.0 Å². The molecule has 0 saturated heterocycles. The van der Waals surface area contributed by atoms with Gasteiger partial charge in [-0.15, -0.1) is 24.0 Å². The summed E-state index contributed by atoms with van der Waals surface area (Å²) in [5.41, 5.74) is 3.93. The first kappa shape index (κ1) is 22.7. The standard InChI is InChI=1S/C23H23FN6.HI/c1-25-23(28-16-17-10-13-26-22-5-3-2-4-21(17)22)27-14-11-19-12-15-30(29-19)20-8-6-18(24)7-9-20;/h2-10,12-13,15H,11,14,16H2,1H3,(H2,25,27,28);1H. The fourth-order valence-electron chi connectivity index (χ4n) is 3.25. The lowest BCUT2D eigenvalue weighted by Crippen LogP contribution is -2.37. The number of halogens is 2. The zero-order valence-corrected chi connectivity index (χ0v) is 19.5. The van der Waals surface area contributed by atoms with Crippen molar-refractivity contribution in [2.75, 3.05) is 13.6 Å². The molecular formula is C23H24FIN6. The Morgan fingerprint density at radius 2 is 1.84 bits per heavy atom. The lowest BCUT2D eigenvalue weighted by molar-refractivity contribution is 0.627. The first-order valence-electron chi connectivity index (χ1n) is 9.80. The van der Waals surface area contributed by atoms with Gasteiger partial charge in [0.2, 0.25) is 0 Å². The van der Waals surface area contributed by atoms with Gasteiger partial charge in [0.25, 0.3) is 0 Å². The summed E-state index contributed by atoms with van der Waals surface area (Å²) in [6.45, 7) is 1.35. The predicted octanol–water partition coefficient (Wildman–Crippen LogP) is 4.09. The molecule has 2 aromatic heterocycles. The summed E-state index contributed by atoms with van der Waals surface area (Å²) in [5, 5.41) is 12.3. The molecule has 2 heterocycles. The van der Waals surface area contributed by atoms with Crippen LogP contribution in [0.3, 0.4) is 0 Å². The summed E-state index contributed by atoms with van der Waals surface area (Å²) in [7, 11) is 1.75. The molecule has 0 saturated carbocycles. The van der Waals surface area contributed by atoms with Gasteiger partial charge in [-0.1, -0.05) is 18.2 Å². The third kappa shape index (κ3) is 5.78. The highest BCUT2D eigenvalue weighted by Crippen LogP contribution is 2.15. The van der Waals surface area contributed by atoms with Crippen molar-refractivity contribution in [3.05, 3.63) is 90.1 Å². The van der Waals surface area contributed by atoms with Crippen LogP contribution in [0.4, 0.5) is 4.39 Å². The van der Waals surface area contributed by atoms with E-state index in [0.717, 1.165) is 34.7 Å². The number of pyridine rings is 1. The van der Waals surface area contributed by atoms with E-state index in [1.807, 2.05) is 42.7 Å². The van der Waals surface area contributed by atoms with Gasteiger partial charge in [-0.2, -0.15) is 5.10 Å². The van der Waals surface area contributed by atoms with Gasteiger partial charge in [0, 0.05) is 44.3 Å². The number of benzene rings is 2. The van der Waals surface area contributed by atoms with Crippen LogP contribution in [0.2, 0.25) is 0 Å². The van der Waals surface area contributed by atoms with E-state index in [9.17, 15) is 4.39 Å². The van der Waals surface area contributed by atoms with Crippen molar-refractivity contribution < 1.29 is 4.39 Å². The smallest absolute Gasteiger partial charge is 0.191 e. The Balaban J connectivity index is 0.00000272. The summed E-state index contributed by atoms with van der Waals surface area (Å²) in [4.78, 5) is 8.69. The van der Waals surface area contributed by atoms with Crippen molar-refractivity contribution in [3.63, 3.8) is 0 Å². The molecule has 0 radical (unpaired) electrons. The molecule has 0 fully saturated rings. The third-order valence-electron chi connectivity index (χ3n) is 4.82. The van der Waals surface area contributed by atoms with E-state index < -0.39 is 0 Å². The van der Waals surface area contributed by atoms with Gasteiger partial charge in [0.1, 0.15) is 5.82 Å². The van der Waals surface area contributed by atoms with Crippen LogP contribution in [0.1, 0.15) is 11.3 Å². The Morgan fingerprint density at radius 1 is 1.03 bits per heavy atom. The summed E-state index contributed by atoms with van der Waals surface area (Å²) in [6.07, 6.45) is 4.45. The van der Waals surface area contributed by atoms with Crippen molar-refractivity contribution in [1.82, 2.24) is 25.4 Å². The normalized spacial score (nSPS) is 11.2. The van der Waals surface area contributed by atoms with E-state index in [-0.39, 0.29) is 29.8 Å². The molecule has 0 atom stereocenters.